The molecule has 1 aromatic carbocycles. The number of piperidine rings is 1. The molecule has 0 spiro atoms. The largest absolute Gasteiger partial charge is 0.376 e. The van der Waals surface area contributed by atoms with E-state index in [0.29, 0.717) is 18.4 Å². The smallest absolute Gasteiger partial charge is 0.223 e. The zero-order valence-electron chi connectivity index (χ0n) is 13.6. The fourth-order valence-corrected chi connectivity index (χ4v) is 3.99. The molecule has 0 radical (unpaired) electrons. The zero-order chi connectivity index (χ0) is 15.6. The van der Waals surface area contributed by atoms with Crippen LogP contribution in [0.4, 0.5) is 0 Å². The van der Waals surface area contributed by atoms with Crippen molar-refractivity contribution in [3.05, 3.63) is 35.9 Å². The third kappa shape index (κ3) is 3.59. The molecule has 0 bridgehead atoms. The lowest BCUT2D eigenvalue weighted by atomic mass is 9.84. The molecule has 124 valence electrons. The van der Waals surface area contributed by atoms with Crippen LogP contribution in [0.3, 0.4) is 0 Å². The van der Waals surface area contributed by atoms with Gasteiger partial charge in [-0.3, -0.25) is 9.69 Å². The Balaban J connectivity index is 1.32. The third-order valence-electron chi connectivity index (χ3n) is 5.57. The molecule has 3 aliphatic rings. The van der Waals surface area contributed by atoms with Gasteiger partial charge in [0.2, 0.25) is 5.91 Å². The van der Waals surface area contributed by atoms with Crippen LogP contribution in [0.1, 0.15) is 24.8 Å². The summed E-state index contributed by atoms with van der Waals surface area (Å²) in [5.41, 5.74) is 1.38. The number of fused-ring (bicyclic) bond motifs is 1. The van der Waals surface area contributed by atoms with Gasteiger partial charge in [-0.15, -0.1) is 0 Å². The van der Waals surface area contributed by atoms with Crippen LogP contribution < -0.4 is 5.32 Å². The average Bonchev–Trinajstić information content (AvgIpc) is 3.35. The molecule has 1 aromatic rings. The second-order valence-electron chi connectivity index (χ2n) is 7.32. The van der Waals surface area contributed by atoms with Gasteiger partial charge in [0.05, 0.1) is 12.7 Å². The molecule has 2 heterocycles. The van der Waals surface area contributed by atoms with E-state index in [0.717, 1.165) is 39.1 Å². The number of amides is 1. The minimum atomic E-state index is 0.196. The van der Waals surface area contributed by atoms with Crippen LogP contribution in [0.5, 0.6) is 0 Å². The molecule has 3 atom stereocenters. The van der Waals surface area contributed by atoms with Crippen LogP contribution in [-0.4, -0.2) is 43.2 Å². The molecule has 1 aliphatic carbocycles. The van der Waals surface area contributed by atoms with Crippen molar-refractivity contribution in [1.29, 1.82) is 0 Å². The van der Waals surface area contributed by atoms with Gasteiger partial charge in [0.25, 0.3) is 0 Å². The maximum absolute atomic E-state index is 11.9. The Morgan fingerprint density at radius 1 is 1.22 bits per heavy atom. The van der Waals surface area contributed by atoms with Crippen molar-refractivity contribution < 1.29 is 9.53 Å². The Morgan fingerprint density at radius 3 is 2.83 bits per heavy atom. The summed E-state index contributed by atoms with van der Waals surface area (Å²) < 4.78 is 6.01. The van der Waals surface area contributed by atoms with Crippen molar-refractivity contribution in [2.75, 3.05) is 26.2 Å². The van der Waals surface area contributed by atoms with E-state index in [4.69, 9.17) is 4.74 Å². The molecule has 4 rings (SSSR count). The first kappa shape index (κ1) is 15.2. The van der Waals surface area contributed by atoms with Gasteiger partial charge in [0.15, 0.2) is 0 Å². The number of likely N-dealkylation sites (tertiary alicyclic amines) is 1. The Kier molecular flexibility index (Phi) is 4.36. The molecule has 0 unspecified atom stereocenters. The molecular formula is C19H26N2O2. The molecule has 3 fully saturated rings. The van der Waals surface area contributed by atoms with Crippen LogP contribution in [0.25, 0.3) is 0 Å². The van der Waals surface area contributed by atoms with Gasteiger partial charge in [-0.1, -0.05) is 30.3 Å². The van der Waals surface area contributed by atoms with Gasteiger partial charge in [0.1, 0.15) is 0 Å². The molecule has 4 nitrogen and oxygen atoms in total. The molecular weight excluding hydrogens is 288 g/mol. The summed E-state index contributed by atoms with van der Waals surface area (Å²) in [4.78, 5) is 14.4. The first-order valence-electron chi connectivity index (χ1n) is 8.95. The van der Waals surface area contributed by atoms with Crippen molar-refractivity contribution in [3.8, 4) is 0 Å². The summed E-state index contributed by atoms with van der Waals surface area (Å²) >= 11 is 0. The summed E-state index contributed by atoms with van der Waals surface area (Å²) in [5.74, 6) is 1.75. The second-order valence-corrected chi connectivity index (χ2v) is 7.32. The Morgan fingerprint density at radius 2 is 2.04 bits per heavy atom. The molecule has 1 N–H and O–H groups in total. The highest BCUT2D eigenvalue weighted by atomic mass is 16.5. The zero-order valence-corrected chi connectivity index (χ0v) is 13.6. The number of ether oxygens (including phenoxy) is 1. The first-order chi connectivity index (χ1) is 11.3. The number of hydrogen-bond acceptors (Lipinski definition) is 3. The number of benzene rings is 1. The number of carbonyl (C=O) groups is 1. The molecule has 23 heavy (non-hydrogen) atoms. The second kappa shape index (κ2) is 6.62. The lowest BCUT2D eigenvalue weighted by Crippen LogP contribution is -2.45. The SMILES string of the molecule is O=C(NC[C@@H]1OC[C@H]2CCN(Cc3ccccc3)C[C@H]21)C1CC1. The predicted molar refractivity (Wildman–Crippen MR) is 88.8 cm³/mol. The number of carbonyl (C=O) groups excluding carboxylic acids is 1. The summed E-state index contributed by atoms with van der Waals surface area (Å²) in [5, 5.41) is 3.10. The highest BCUT2D eigenvalue weighted by Gasteiger charge is 2.41. The van der Waals surface area contributed by atoms with E-state index in [9.17, 15) is 4.79 Å². The van der Waals surface area contributed by atoms with Crippen LogP contribution in [-0.2, 0) is 16.1 Å². The standard InChI is InChI=1S/C19H26N2O2/c22-19(15-6-7-15)20-10-18-17-12-21(9-8-16(17)13-23-18)11-14-4-2-1-3-5-14/h1-5,15-18H,6-13H2,(H,20,22)/t16-,17-,18+/m1/s1. The fraction of sp³-hybridized carbons (Fsp3) is 0.632. The Bertz CT molecular complexity index is 544. The van der Waals surface area contributed by atoms with Crippen LogP contribution in [0, 0.1) is 17.8 Å². The van der Waals surface area contributed by atoms with Crippen molar-refractivity contribution >= 4 is 5.91 Å². The van der Waals surface area contributed by atoms with Gasteiger partial charge >= 0.3 is 0 Å². The number of nitrogens with zero attached hydrogens (tertiary/aromatic N) is 1. The summed E-state index contributed by atoms with van der Waals surface area (Å²) in [6, 6.07) is 10.7. The highest BCUT2D eigenvalue weighted by molar-refractivity contribution is 5.80. The minimum absolute atomic E-state index is 0.196. The summed E-state index contributed by atoms with van der Waals surface area (Å²) in [6.07, 6.45) is 3.54. The van der Waals surface area contributed by atoms with E-state index in [1.165, 1.54) is 12.0 Å². The minimum Gasteiger partial charge on any atom is -0.376 e. The van der Waals surface area contributed by atoms with Gasteiger partial charge in [-0.05, 0) is 37.3 Å². The quantitative estimate of drug-likeness (QED) is 0.904. The van der Waals surface area contributed by atoms with E-state index in [-0.39, 0.29) is 17.9 Å². The fourth-order valence-electron chi connectivity index (χ4n) is 3.99. The van der Waals surface area contributed by atoms with Crippen molar-refractivity contribution in [2.45, 2.75) is 31.9 Å². The van der Waals surface area contributed by atoms with Gasteiger partial charge < -0.3 is 10.1 Å². The van der Waals surface area contributed by atoms with Crippen LogP contribution in [0.15, 0.2) is 30.3 Å². The van der Waals surface area contributed by atoms with Gasteiger partial charge in [-0.25, -0.2) is 0 Å². The van der Waals surface area contributed by atoms with Crippen molar-refractivity contribution in [2.24, 2.45) is 17.8 Å². The van der Waals surface area contributed by atoms with E-state index in [1.807, 2.05) is 0 Å². The highest BCUT2D eigenvalue weighted by Crippen LogP contribution is 2.35. The number of hydrogen-bond donors (Lipinski definition) is 1. The third-order valence-corrected chi connectivity index (χ3v) is 5.57. The van der Waals surface area contributed by atoms with E-state index in [1.54, 1.807) is 0 Å². The molecule has 2 aliphatic heterocycles. The molecule has 1 amide bonds. The van der Waals surface area contributed by atoms with Crippen LogP contribution in [0.2, 0.25) is 0 Å². The number of nitrogens with one attached hydrogen (secondary N) is 1. The lowest BCUT2D eigenvalue weighted by Gasteiger charge is -2.36. The van der Waals surface area contributed by atoms with Gasteiger partial charge in [-0.2, -0.15) is 0 Å². The van der Waals surface area contributed by atoms with E-state index in [2.05, 4.69) is 40.5 Å². The maximum atomic E-state index is 11.9. The topological polar surface area (TPSA) is 41.6 Å². The Hall–Kier alpha value is -1.39. The maximum Gasteiger partial charge on any atom is 0.223 e. The lowest BCUT2D eigenvalue weighted by molar-refractivity contribution is -0.122. The molecule has 1 saturated carbocycles. The summed E-state index contributed by atoms with van der Waals surface area (Å²) in [7, 11) is 0. The van der Waals surface area contributed by atoms with E-state index < -0.39 is 0 Å². The first-order valence-corrected chi connectivity index (χ1v) is 8.95. The van der Waals surface area contributed by atoms with Gasteiger partial charge in [0, 0.05) is 31.5 Å². The molecule has 0 aromatic heterocycles. The number of rotatable bonds is 5. The Labute approximate surface area is 138 Å². The molecule has 4 heteroatoms. The van der Waals surface area contributed by atoms with E-state index >= 15 is 0 Å². The van der Waals surface area contributed by atoms with Crippen molar-refractivity contribution in [3.63, 3.8) is 0 Å². The van der Waals surface area contributed by atoms with Crippen molar-refractivity contribution in [1.82, 2.24) is 10.2 Å². The molecule has 2 saturated heterocycles. The average molecular weight is 314 g/mol. The van der Waals surface area contributed by atoms with Crippen LogP contribution >= 0.6 is 0 Å². The normalized spacial score (nSPS) is 30.9. The monoisotopic (exact) mass is 314 g/mol. The predicted octanol–water partition coefficient (Wildman–Crippen LogP) is 2.05. The summed E-state index contributed by atoms with van der Waals surface area (Å²) in [6.45, 7) is 4.82.